The molecule has 0 saturated carbocycles. The van der Waals surface area contributed by atoms with Crippen LogP contribution in [0.25, 0.3) is 22.0 Å². The van der Waals surface area contributed by atoms with E-state index in [-0.39, 0.29) is 11.5 Å². The highest BCUT2D eigenvalue weighted by molar-refractivity contribution is 6.11. The van der Waals surface area contributed by atoms with Gasteiger partial charge in [0.1, 0.15) is 0 Å². The van der Waals surface area contributed by atoms with E-state index in [4.69, 9.17) is 0 Å². The molecule has 1 aliphatic heterocycles. The lowest BCUT2D eigenvalue weighted by molar-refractivity contribution is 0.102. The Hall–Kier alpha value is -3.78. The number of hydrogen-bond acceptors (Lipinski definition) is 5. The van der Waals surface area contributed by atoms with Crippen LogP contribution < -0.4 is 10.9 Å². The molecule has 1 aromatic carbocycles. The van der Waals surface area contributed by atoms with Gasteiger partial charge in [-0.1, -0.05) is 13.0 Å². The van der Waals surface area contributed by atoms with E-state index < -0.39 is 0 Å². The Morgan fingerprint density at radius 2 is 1.97 bits per heavy atom. The van der Waals surface area contributed by atoms with Crippen molar-refractivity contribution in [1.82, 2.24) is 25.1 Å². The van der Waals surface area contributed by atoms with Gasteiger partial charge in [0, 0.05) is 42.2 Å². The van der Waals surface area contributed by atoms with Crippen LogP contribution in [0.5, 0.6) is 0 Å². The van der Waals surface area contributed by atoms with Gasteiger partial charge in [-0.25, -0.2) is 0 Å². The Kier molecular flexibility index (Phi) is 5.75. The number of pyridine rings is 2. The van der Waals surface area contributed by atoms with E-state index in [1.54, 1.807) is 6.07 Å². The number of likely N-dealkylation sites (tertiary alicyclic amines) is 1. The standard InChI is InChI=1S/C25H26N6O2/c1-16-6-8-31(9-7-16)15-17-10-19(13-26-12-17)18-2-4-22-21(11-18)24(30-29-22)25(33)28-20-3-5-23(32)27-14-20/h2-5,10-14,16H,6-9,15H2,1H3,(H,27,32)(H,28,33)(H,29,30). The first-order chi connectivity index (χ1) is 16.0. The van der Waals surface area contributed by atoms with Crippen LogP contribution in [0.4, 0.5) is 5.69 Å². The van der Waals surface area contributed by atoms with Crippen LogP contribution >= 0.6 is 0 Å². The maximum atomic E-state index is 12.8. The minimum absolute atomic E-state index is 0.228. The fraction of sp³-hybridized carbons (Fsp3) is 0.280. The van der Waals surface area contributed by atoms with Crippen molar-refractivity contribution in [2.24, 2.45) is 5.92 Å². The maximum Gasteiger partial charge on any atom is 0.276 e. The van der Waals surface area contributed by atoms with E-state index in [0.717, 1.165) is 47.6 Å². The molecule has 8 heteroatoms. The van der Waals surface area contributed by atoms with Crippen LogP contribution in [0, 0.1) is 5.92 Å². The van der Waals surface area contributed by atoms with Gasteiger partial charge in [0.2, 0.25) is 5.56 Å². The van der Waals surface area contributed by atoms with E-state index in [9.17, 15) is 9.59 Å². The second-order valence-corrected chi connectivity index (χ2v) is 8.77. The van der Waals surface area contributed by atoms with Crippen molar-refractivity contribution >= 4 is 22.5 Å². The number of aromatic amines is 2. The number of amides is 1. The molecule has 1 fully saturated rings. The van der Waals surface area contributed by atoms with Crippen molar-refractivity contribution in [1.29, 1.82) is 0 Å². The molecule has 168 valence electrons. The third-order valence-electron chi connectivity index (χ3n) is 6.23. The van der Waals surface area contributed by atoms with Gasteiger partial charge in [0.05, 0.1) is 11.2 Å². The minimum atomic E-state index is -0.350. The largest absolute Gasteiger partial charge is 0.327 e. The average Bonchev–Trinajstić information content (AvgIpc) is 3.26. The van der Waals surface area contributed by atoms with Crippen LogP contribution in [0.2, 0.25) is 0 Å². The van der Waals surface area contributed by atoms with Crippen LogP contribution in [-0.2, 0) is 6.54 Å². The molecule has 4 aromatic rings. The van der Waals surface area contributed by atoms with Crippen LogP contribution in [0.1, 0.15) is 35.8 Å². The molecule has 1 amide bonds. The van der Waals surface area contributed by atoms with E-state index >= 15 is 0 Å². The van der Waals surface area contributed by atoms with Crippen molar-refractivity contribution in [2.45, 2.75) is 26.3 Å². The number of benzene rings is 1. The molecule has 0 atom stereocenters. The first-order valence-corrected chi connectivity index (χ1v) is 11.2. The van der Waals surface area contributed by atoms with E-state index in [1.165, 1.54) is 30.7 Å². The molecule has 1 aliphatic rings. The number of rotatable bonds is 5. The molecule has 4 heterocycles. The Morgan fingerprint density at radius 3 is 2.76 bits per heavy atom. The van der Waals surface area contributed by atoms with Gasteiger partial charge in [-0.15, -0.1) is 0 Å². The predicted molar refractivity (Wildman–Crippen MR) is 128 cm³/mol. The van der Waals surface area contributed by atoms with Crippen molar-refractivity contribution in [3.63, 3.8) is 0 Å². The fourth-order valence-electron chi connectivity index (χ4n) is 4.26. The smallest absolute Gasteiger partial charge is 0.276 e. The first-order valence-electron chi connectivity index (χ1n) is 11.2. The summed E-state index contributed by atoms with van der Waals surface area (Å²) < 4.78 is 0. The Balaban J connectivity index is 1.38. The van der Waals surface area contributed by atoms with Gasteiger partial charge in [0.25, 0.3) is 5.91 Å². The molecule has 1 saturated heterocycles. The number of carbonyl (C=O) groups excluding carboxylic acids is 1. The number of hydrogen-bond donors (Lipinski definition) is 3. The third-order valence-corrected chi connectivity index (χ3v) is 6.23. The second-order valence-electron chi connectivity index (χ2n) is 8.77. The molecule has 0 radical (unpaired) electrons. The molecule has 3 aromatic heterocycles. The number of carbonyl (C=O) groups is 1. The molecule has 0 spiro atoms. The number of aromatic nitrogens is 4. The summed E-state index contributed by atoms with van der Waals surface area (Å²) in [6.07, 6.45) is 7.73. The zero-order chi connectivity index (χ0) is 22.8. The molecule has 0 aliphatic carbocycles. The van der Waals surface area contributed by atoms with Crippen molar-refractivity contribution in [2.75, 3.05) is 18.4 Å². The summed E-state index contributed by atoms with van der Waals surface area (Å²) in [5.74, 6) is 0.458. The highest BCUT2D eigenvalue weighted by atomic mass is 16.2. The molecular weight excluding hydrogens is 416 g/mol. The van der Waals surface area contributed by atoms with E-state index in [1.807, 2.05) is 30.6 Å². The van der Waals surface area contributed by atoms with Gasteiger partial charge < -0.3 is 10.3 Å². The van der Waals surface area contributed by atoms with Crippen molar-refractivity contribution < 1.29 is 4.79 Å². The molecule has 8 nitrogen and oxygen atoms in total. The van der Waals surface area contributed by atoms with Gasteiger partial charge >= 0.3 is 0 Å². The topological polar surface area (TPSA) is 107 Å². The molecule has 0 bridgehead atoms. The summed E-state index contributed by atoms with van der Waals surface area (Å²) in [6, 6.07) is 11.0. The zero-order valence-electron chi connectivity index (χ0n) is 18.5. The van der Waals surface area contributed by atoms with Crippen molar-refractivity contribution in [3.05, 3.63) is 76.6 Å². The Labute approximate surface area is 191 Å². The third kappa shape index (κ3) is 4.70. The van der Waals surface area contributed by atoms with Gasteiger partial charge in [-0.3, -0.25) is 24.6 Å². The zero-order valence-corrected chi connectivity index (χ0v) is 18.5. The van der Waals surface area contributed by atoms with Gasteiger partial charge in [-0.2, -0.15) is 5.10 Å². The van der Waals surface area contributed by atoms with Gasteiger partial charge in [0.15, 0.2) is 5.69 Å². The van der Waals surface area contributed by atoms with Crippen molar-refractivity contribution in [3.8, 4) is 11.1 Å². The lowest BCUT2D eigenvalue weighted by Crippen LogP contribution is -2.32. The van der Waals surface area contributed by atoms with E-state index in [2.05, 4.69) is 43.4 Å². The Bertz CT molecular complexity index is 1330. The van der Waals surface area contributed by atoms with Crippen LogP contribution in [-0.4, -0.2) is 44.1 Å². The van der Waals surface area contributed by atoms with Crippen LogP contribution in [0.3, 0.4) is 0 Å². The highest BCUT2D eigenvalue weighted by Crippen LogP contribution is 2.27. The number of H-pyrrole nitrogens is 2. The summed E-state index contributed by atoms with van der Waals surface area (Å²) in [6.45, 7) is 5.47. The number of nitrogens with zero attached hydrogens (tertiary/aromatic N) is 3. The maximum absolute atomic E-state index is 12.8. The summed E-state index contributed by atoms with van der Waals surface area (Å²) in [4.78, 5) is 33.6. The van der Waals surface area contributed by atoms with E-state index in [0.29, 0.717) is 11.4 Å². The first kappa shape index (κ1) is 21.1. The molecular formula is C25H26N6O2. The summed E-state index contributed by atoms with van der Waals surface area (Å²) in [5, 5.41) is 10.6. The number of fused-ring (bicyclic) bond motifs is 1. The molecule has 0 unspecified atom stereocenters. The molecule has 33 heavy (non-hydrogen) atoms. The van der Waals surface area contributed by atoms with Gasteiger partial charge in [-0.05, 0) is 67.2 Å². The number of piperidine rings is 1. The summed E-state index contributed by atoms with van der Waals surface area (Å²) >= 11 is 0. The molecule has 3 N–H and O–H groups in total. The monoisotopic (exact) mass is 442 g/mol. The SMILES string of the molecule is CC1CCN(Cc2cncc(-c3ccc4[nH]nc(C(=O)Nc5ccc(=O)[nH]c5)c4c3)c2)CC1. The normalized spacial score (nSPS) is 15.1. The minimum Gasteiger partial charge on any atom is -0.327 e. The number of anilines is 1. The second kappa shape index (κ2) is 8.99. The fourth-order valence-corrected chi connectivity index (χ4v) is 4.26. The average molecular weight is 443 g/mol. The summed E-state index contributed by atoms with van der Waals surface area (Å²) in [7, 11) is 0. The van der Waals surface area contributed by atoms with Crippen LogP contribution in [0.15, 0.2) is 59.8 Å². The lowest BCUT2D eigenvalue weighted by Gasteiger charge is -2.30. The lowest BCUT2D eigenvalue weighted by atomic mass is 9.98. The highest BCUT2D eigenvalue weighted by Gasteiger charge is 2.17. The quantitative estimate of drug-likeness (QED) is 0.436. The molecule has 5 rings (SSSR count). The predicted octanol–water partition coefficient (Wildman–Crippen LogP) is 3.80. The summed E-state index contributed by atoms with van der Waals surface area (Å²) in [5.41, 5.74) is 4.51. The Morgan fingerprint density at radius 1 is 1.12 bits per heavy atom. The number of nitrogens with one attached hydrogen (secondary N) is 3.